The van der Waals surface area contributed by atoms with Gasteiger partial charge < -0.3 is 10.0 Å². The van der Waals surface area contributed by atoms with E-state index in [9.17, 15) is 31.5 Å². The third-order valence-corrected chi connectivity index (χ3v) is 7.99. The van der Waals surface area contributed by atoms with Gasteiger partial charge >= 0.3 is 5.97 Å². The summed E-state index contributed by atoms with van der Waals surface area (Å²) in [7, 11) is 1.11. The van der Waals surface area contributed by atoms with Crippen molar-refractivity contribution in [1.82, 2.24) is 4.31 Å². The van der Waals surface area contributed by atoms with E-state index in [1.807, 2.05) is 12.1 Å². The van der Waals surface area contributed by atoms with E-state index in [1.54, 1.807) is 12.1 Å². The van der Waals surface area contributed by atoms with Gasteiger partial charge in [-0.2, -0.15) is 0 Å². The molecule has 5 nitrogen and oxygen atoms in total. The second kappa shape index (κ2) is 13.2. The monoisotopic (exact) mass is 614 g/mol. The predicted octanol–water partition coefficient (Wildman–Crippen LogP) is 7.58. The number of carbonyl (C=O) groups is 2. The number of halogens is 7. The first kappa shape index (κ1) is 31.4. The molecule has 4 rings (SSSR count). The number of hydrogen-bond donors (Lipinski definition) is 1. The molecule has 0 aromatic heterocycles. The van der Waals surface area contributed by atoms with Crippen molar-refractivity contribution in [2.45, 2.75) is 49.5 Å². The average Bonchev–Trinajstić information content (AvgIpc) is 2.97. The molecule has 0 saturated heterocycles. The van der Waals surface area contributed by atoms with Gasteiger partial charge in [-0.1, -0.05) is 43.5 Å². The Hall–Kier alpha value is -3.58. The molecule has 1 aliphatic rings. The van der Waals surface area contributed by atoms with Crippen molar-refractivity contribution in [1.29, 1.82) is 0 Å². The minimum Gasteiger partial charge on any atom is -0.478 e. The van der Waals surface area contributed by atoms with Crippen molar-refractivity contribution in [3.63, 3.8) is 0 Å². The van der Waals surface area contributed by atoms with Crippen LogP contribution >= 0.6 is 11.9 Å². The van der Waals surface area contributed by atoms with Crippen LogP contribution in [0.1, 0.15) is 59.5 Å². The number of amides is 1. The fourth-order valence-corrected chi connectivity index (χ4v) is 5.71. The summed E-state index contributed by atoms with van der Waals surface area (Å²) >= 11 is 0.0375. The topological polar surface area (TPSA) is 60.9 Å². The third-order valence-electron chi connectivity index (χ3n) is 7.01. The zero-order valence-corrected chi connectivity index (χ0v) is 23.0. The Balaban J connectivity index is 1.63. The van der Waals surface area contributed by atoms with Crippen molar-refractivity contribution in [3.05, 3.63) is 93.8 Å². The van der Waals surface area contributed by atoms with Crippen LogP contribution in [-0.4, -0.2) is 34.9 Å². The molecule has 1 saturated carbocycles. The van der Waals surface area contributed by atoms with Crippen molar-refractivity contribution in [3.8, 4) is 0 Å². The lowest BCUT2D eigenvalue weighted by Crippen LogP contribution is -2.38. The summed E-state index contributed by atoms with van der Waals surface area (Å²) in [5.74, 6) is -15.8. The highest BCUT2D eigenvalue weighted by Crippen LogP contribution is 2.35. The van der Waals surface area contributed by atoms with E-state index in [0.29, 0.717) is 28.5 Å². The van der Waals surface area contributed by atoms with E-state index < -0.39 is 75.3 Å². The van der Waals surface area contributed by atoms with E-state index in [0.717, 1.165) is 42.6 Å². The van der Waals surface area contributed by atoms with E-state index >= 15 is 8.78 Å². The number of carboxylic acids is 1. The highest BCUT2D eigenvalue weighted by atomic mass is 32.2. The van der Waals surface area contributed by atoms with Crippen LogP contribution in [-0.2, 0) is 11.3 Å². The summed E-state index contributed by atoms with van der Waals surface area (Å²) in [5.41, 5.74) is -0.00880. The zero-order chi connectivity index (χ0) is 30.7. The number of carbonyl (C=O) groups excluding carboxylic acids is 1. The Bertz CT molecular complexity index is 1450. The van der Waals surface area contributed by atoms with Crippen molar-refractivity contribution in [2.24, 2.45) is 0 Å². The maximum atomic E-state index is 15.1. The normalized spacial score (nSPS) is 13.9. The second-order valence-corrected chi connectivity index (χ2v) is 11.1. The van der Waals surface area contributed by atoms with Crippen LogP contribution in [0.5, 0.6) is 0 Å². The number of rotatable bonds is 9. The zero-order valence-electron chi connectivity index (χ0n) is 22.2. The summed E-state index contributed by atoms with van der Waals surface area (Å²) in [6.45, 7) is -1.16. The summed E-state index contributed by atoms with van der Waals surface area (Å²) in [6.07, 6.45) is 5.44. The molecule has 13 heteroatoms. The fourth-order valence-electron chi connectivity index (χ4n) is 4.88. The van der Waals surface area contributed by atoms with Gasteiger partial charge in [-0.25, -0.2) is 39.8 Å². The Kier molecular flexibility index (Phi) is 9.82. The highest BCUT2D eigenvalue weighted by molar-refractivity contribution is 7.97. The number of carboxylic acid groups (broad SMARTS) is 1. The minimum absolute atomic E-state index is 0.0375. The molecule has 0 atom stereocenters. The second-order valence-electron chi connectivity index (χ2n) is 9.93. The first-order chi connectivity index (χ1) is 19.9. The van der Waals surface area contributed by atoms with Crippen molar-refractivity contribution >= 4 is 29.5 Å². The summed E-state index contributed by atoms with van der Waals surface area (Å²) in [6, 6.07) is 8.19. The molecule has 0 aliphatic heterocycles. The van der Waals surface area contributed by atoms with Crippen LogP contribution in [0.25, 0.3) is 0 Å². The van der Waals surface area contributed by atoms with Crippen LogP contribution in [0.3, 0.4) is 0 Å². The predicted molar refractivity (Wildman–Crippen MR) is 141 cm³/mol. The summed E-state index contributed by atoms with van der Waals surface area (Å²) in [5, 5.41) is 9.14. The van der Waals surface area contributed by atoms with E-state index in [1.165, 1.54) is 6.42 Å². The quantitative estimate of drug-likeness (QED) is 0.117. The Labute approximate surface area is 241 Å². The molecule has 3 aromatic rings. The van der Waals surface area contributed by atoms with Crippen LogP contribution in [0.15, 0.2) is 41.3 Å². The molecule has 0 heterocycles. The molecule has 0 unspecified atom stereocenters. The van der Waals surface area contributed by atoms with Gasteiger partial charge in [-0.3, -0.25) is 4.79 Å². The molecule has 0 radical (unpaired) electrons. The van der Waals surface area contributed by atoms with Gasteiger partial charge in [0.05, 0.1) is 18.7 Å². The number of aromatic carboxylic acids is 1. The Morgan fingerprint density at radius 2 is 1.36 bits per heavy atom. The van der Waals surface area contributed by atoms with Gasteiger partial charge in [0.1, 0.15) is 10.6 Å². The fraction of sp³-hybridized carbons (Fsp3) is 0.310. The number of nitrogens with zero attached hydrogens (tertiary/aromatic N) is 2. The van der Waals surface area contributed by atoms with E-state index in [4.69, 9.17) is 5.11 Å². The lowest BCUT2D eigenvalue weighted by Gasteiger charge is -2.27. The van der Waals surface area contributed by atoms with Crippen molar-refractivity contribution in [2.75, 3.05) is 18.5 Å². The molecular weight excluding hydrogens is 589 g/mol. The number of hydrogen-bond acceptors (Lipinski definition) is 4. The molecule has 224 valence electrons. The maximum Gasteiger partial charge on any atom is 0.335 e. The largest absolute Gasteiger partial charge is 0.478 e. The SMILES string of the molecule is CN(CC(=O)N(Cc1ccc(C2CCCCC2)cc1)c1c(F)cc(C(=O)O)cc1F)Sc1c(F)c(F)c(F)c(F)c1F. The van der Waals surface area contributed by atoms with Crippen LogP contribution in [0.2, 0.25) is 0 Å². The van der Waals surface area contributed by atoms with Gasteiger partial charge in [0, 0.05) is 0 Å². The summed E-state index contributed by atoms with van der Waals surface area (Å²) in [4.78, 5) is 24.1. The number of benzene rings is 3. The molecule has 0 bridgehead atoms. The highest BCUT2D eigenvalue weighted by Gasteiger charge is 2.30. The lowest BCUT2D eigenvalue weighted by molar-refractivity contribution is -0.118. The molecule has 1 amide bonds. The summed E-state index contributed by atoms with van der Waals surface area (Å²) < 4.78 is 100. The van der Waals surface area contributed by atoms with Gasteiger partial charge in [-0.15, -0.1) is 0 Å². The standard InChI is InChI=1S/C29H25F7N2O3S/c1-37(42-28-25(35)23(33)22(32)24(34)26(28)36)14-21(39)38(27-19(30)11-18(29(40)41)12-20(27)31)13-15-7-9-17(10-8-15)16-5-3-2-4-6-16/h7-12,16H,2-6,13-14H2,1H3,(H,40,41). The molecule has 1 N–H and O–H groups in total. The van der Waals surface area contributed by atoms with Gasteiger partial charge in [0.25, 0.3) is 0 Å². The first-order valence-electron chi connectivity index (χ1n) is 12.9. The molecule has 0 spiro atoms. The minimum atomic E-state index is -2.34. The molecular formula is C29H25F7N2O3S. The van der Waals surface area contributed by atoms with Crippen LogP contribution < -0.4 is 4.90 Å². The molecule has 1 aliphatic carbocycles. The van der Waals surface area contributed by atoms with Gasteiger partial charge in [0.15, 0.2) is 34.9 Å². The molecule has 42 heavy (non-hydrogen) atoms. The maximum absolute atomic E-state index is 15.1. The van der Waals surface area contributed by atoms with E-state index in [-0.39, 0.29) is 18.5 Å². The van der Waals surface area contributed by atoms with E-state index in [2.05, 4.69) is 0 Å². The third kappa shape index (κ3) is 6.73. The number of likely N-dealkylation sites (N-methyl/N-ethyl adjacent to an activating group) is 1. The Morgan fingerprint density at radius 3 is 1.88 bits per heavy atom. The van der Waals surface area contributed by atoms with Gasteiger partial charge in [-0.05, 0) is 61.0 Å². The lowest BCUT2D eigenvalue weighted by atomic mass is 9.84. The average molecular weight is 615 g/mol. The van der Waals surface area contributed by atoms with Crippen molar-refractivity contribution < 1.29 is 45.4 Å². The van der Waals surface area contributed by atoms with Crippen LogP contribution in [0, 0.1) is 40.7 Å². The number of anilines is 1. The molecule has 3 aromatic carbocycles. The Morgan fingerprint density at radius 1 is 0.833 bits per heavy atom. The van der Waals surface area contributed by atoms with Crippen LogP contribution in [0.4, 0.5) is 36.4 Å². The van der Waals surface area contributed by atoms with Gasteiger partial charge in [0.2, 0.25) is 11.7 Å². The smallest absolute Gasteiger partial charge is 0.335 e. The first-order valence-corrected chi connectivity index (χ1v) is 13.7. The molecule has 1 fully saturated rings.